The summed E-state index contributed by atoms with van der Waals surface area (Å²) in [5, 5.41) is 1.77. The van der Waals surface area contributed by atoms with Crippen molar-refractivity contribution in [1.29, 1.82) is 0 Å². The molecule has 0 aliphatic heterocycles. The average molecular weight is 362 g/mol. The number of hydrazine groups is 1. The number of benzene rings is 1. The van der Waals surface area contributed by atoms with Gasteiger partial charge in [-0.15, -0.1) is 0 Å². The molecule has 0 unspecified atom stereocenters. The Hall–Kier alpha value is -2.32. The Morgan fingerprint density at radius 2 is 1.72 bits per heavy atom. The summed E-state index contributed by atoms with van der Waals surface area (Å²) < 4.78 is 23.7. The molecule has 2 rings (SSSR count). The number of carbonyl (C=O) groups is 1. The largest absolute Gasteiger partial charge is 0.284 e. The van der Waals surface area contributed by atoms with Crippen LogP contribution >= 0.6 is 0 Å². The van der Waals surface area contributed by atoms with Gasteiger partial charge in [0, 0.05) is 18.7 Å². The van der Waals surface area contributed by atoms with Crippen LogP contribution in [0.5, 0.6) is 0 Å². The van der Waals surface area contributed by atoms with E-state index in [0.717, 1.165) is 0 Å². The average Bonchev–Trinajstić information content (AvgIpc) is 2.66. The van der Waals surface area contributed by atoms with E-state index >= 15 is 0 Å². The molecule has 0 atom stereocenters. The maximum absolute atomic E-state index is 12.3. The molecule has 1 aromatic heterocycles. The second-order valence-electron chi connectivity index (χ2n) is 5.33. The van der Waals surface area contributed by atoms with E-state index in [0.29, 0.717) is 24.3 Å². The standard InChI is InChI=1S/C17H22N4O3S/c1-4-21(5-2)20-17(22)16-11-15(18-12-19-16)13-7-9-14(10-8-13)25(23,24)6-3/h7-12H,4-6H2,1-3H3,(H,20,22). The molecule has 25 heavy (non-hydrogen) atoms. The van der Waals surface area contributed by atoms with E-state index in [4.69, 9.17) is 0 Å². The lowest BCUT2D eigenvalue weighted by Gasteiger charge is -2.18. The fourth-order valence-electron chi connectivity index (χ4n) is 2.22. The zero-order valence-corrected chi connectivity index (χ0v) is 15.4. The van der Waals surface area contributed by atoms with Gasteiger partial charge < -0.3 is 0 Å². The predicted octanol–water partition coefficient (Wildman–Crippen LogP) is 1.92. The van der Waals surface area contributed by atoms with Gasteiger partial charge in [0.25, 0.3) is 5.91 Å². The lowest BCUT2D eigenvalue weighted by Crippen LogP contribution is -2.42. The molecule has 8 heteroatoms. The summed E-state index contributed by atoms with van der Waals surface area (Å²) in [5.74, 6) is -0.257. The Bertz CT molecular complexity index is 831. The molecular weight excluding hydrogens is 340 g/mol. The Kier molecular flexibility index (Phi) is 6.22. The molecular formula is C17H22N4O3S. The Balaban J connectivity index is 2.25. The number of nitrogens with zero attached hydrogens (tertiary/aromatic N) is 3. The molecule has 1 N–H and O–H groups in total. The number of hydrogen-bond donors (Lipinski definition) is 1. The summed E-state index contributed by atoms with van der Waals surface area (Å²) in [6.07, 6.45) is 1.32. The van der Waals surface area contributed by atoms with Gasteiger partial charge in [-0.2, -0.15) is 0 Å². The second-order valence-corrected chi connectivity index (χ2v) is 7.61. The summed E-state index contributed by atoms with van der Waals surface area (Å²) in [7, 11) is -3.24. The normalized spacial score (nSPS) is 11.5. The second kappa shape index (κ2) is 8.17. The van der Waals surface area contributed by atoms with Crippen LogP contribution < -0.4 is 5.43 Å². The fourth-order valence-corrected chi connectivity index (χ4v) is 3.11. The summed E-state index contributed by atoms with van der Waals surface area (Å²) in [5.41, 5.74) is 4.30. The molecule has 7 nitrogen and oxygen atoms in total. The number of carbonyl (C=O) groups excluding carboxylic acids is 1. The first-order chi connectivity index (χ1) is 11.9. The van der Waals surface area contributed by atoms with Gasteiger partial charge in [0.05, 0.1) is 16.3 Å². The van der Waals surface area contributed by atoms with E-state index < -0.39 is 9.84 Å². The van der Waals surface area contributed by atoms with E-state index in [-0.39, 0.29) is 22.2 Å². The van der Waals surface area contributed by atoms with Crippen LogP contribution in [0.3, 0.4) is 0 Å². The number of amides is 1. The first kappa shape index (κ1) is 19.0. The number of rotatable bonds is 7. The third kappa shape index (κ3) is 4.61. The molecule has 0 radical (unpaired) electrons. The first-order valence-electron chi connectivity index (χ1n) is 8.12. The molecule has 134 valence electrons. The van der Waals surface area contributed by atoms with Gasteiger partial charge in [0.2, 0.25) is 0 Å². The minimum Gasteiger partial charge on any atom is -0.283 e. The summed E-state index contributed by atoms with van der Waals surface area (Å²) in [4.78, 5) is 20.7. The number of sulfone groups is 1. The quantitative estimate of drug-likeness (QED) is 0.757. The number of aromatic nitrogens is 2. The van der Waals surface area contributed by atoms with Crippen molar-refractivity contribution in [2.75, 3.05) is 18.8 Å². The number of hydrogen-bond acceptors (Lipinski definition) is 6. The van der Waals surface area contributed by atoms with E-state index in [1.165, 1.54) is 6.33 Å². The van der Waals surface area contributed by atoms with Crippen molar-refractivity contribution in [2.45, 2.75) is 25.7 Å². The minimum atomic E-state index is -3.24. The van der Waals surface area contributed by atoms with Gasteiger partial charge in [-0.1, -0.05) is 32.9 Å². The van der Waals surface area contributed by atoms with Crippen LogP contribution in [-0.4, -0.2) is 48.1 Å². The molecule has 0 aliphatic carbocycles. The predicted molar refractivity (Wildman–Crippen MR) is 95.6 cm³/mol. The molecule has 0 fully saturated rings. The van der Waals surface area contributed by atoms with Gasteiger partial charge in [0.1, 0.15) is 12.0 Å². The van der Waals surface area contributed by atoms with Crippen molar-refractivity contribution in [3.8, 4) is 11.3 Å². The van der Waals surface area contributed by atoms with Crippen LogP contribution in [0.4, 0.5) is 0 Å². The van der Waals surface area contributed by atoms with Crippen molar-refractivity contribution >= 4 is 15.7 Å². The third-order valence-electron chi connectivity index (χ3n) is 3.81. The smallest absolute Gasteiger partial charge is 0.283 e. The zero-order chi connectivity index (χ0) is 18.4. The highest BCUT2D eigenvalue weighted by Gasteiger charge is 2.14. The molecule has 2 aromatic rings. The highest BCUT2D eigenvalue weighted by atomic mass is 32.2. The maximum Gasteiger partial charge on any atom is 0.284 e. The van der Waals surface area contributed by atoms with Crippen LogP contribution in [0.1, 0.15) is 31.3 Å². The van der Waals surface area contributed by atoms with E-state index in [1.54, 1.807) is 42.3 Å². The summed E-state index contributed by atoms with van der Waals surface area (Å²) in [6.45, 7) is 6.87. The van der Waals surface area contributed by atoms with E-state index in [1.807, 2.05) is 13.8 Å². The van der Waals surface area contributed by atoms with Gasteiger partial charge in [-0.25, -0.2) is 23.4 Å². The van der Waals surface area contributed by atoms with E-state index in [2.05, 4.69) is 15.4 Å². The highest BCUT2D eigenvalue weighted by molar-refractivity contribution is 7.91. The molecule has 1 heterocycles. The fraction of sp³-hybridized carbons (Fsp3) is 0.353. The van der Waals surface area contributed by atoms with Crippen LogP contribution in [-0.2, 0) is 9.84 Å². The van der Waals surface area contributed by atoms with Crippen molar-refractivity contribution in [3.05, 3.63) is 42.4 Å². The van der Waals surface area contributed by atoms with Crippen molar-refractivity contribution in [1.82, 2.24) is 20.4 Å². The SMILES string of the molecule is CCN(CC)NC(=O)c1cc(-c2ccc(S(=O)(=O)CC)cc2)ncn1. The monoisotopic (exact) mass is 362 g/mol. The number of nitrogens with one attached hydrogen (secondary N) is 1. The van der Waals surface area contributed by atoms with Gasteiger partial charge in [0.15, 0.2) is 9.84 Å². The summed E-state index contributed by atoms with van der Waals surface area (Å²) >= 11 is 0. The first-order valence-corrected chi connectivity index (χ1v) is 9.77. The Morgan fingerprint density at radius 3 is 2.28 bits per heavy atom. The minimum absolute atomic E-state index is 0.0511. The van der Waals surface area contributed by atoms with Gasteiger partial charge in [-0.3, -0.25) is 10.2 Å². The van der Waals surface area contributed by atoms with Crippen molar-refractivity contribution in [3.63, 3.8) is 0 Å². The lowest BCUT2D eigenvalue weighted by atomic mass is 10.1. The highest BCUT2D eigenvalue weighted by Crippen LogP contribution is 2.20. The Morgan fingerprint density at radius 1 is 1.08 bits per heavy atom. The van der Waals surface area contributed by atoms with Crippen LogP contribution in [0, 0.1) is 0 Å². The van der Waals surface area contributed by atoms with Crippen LogP contribution in [0.15, 0.2) is 41.6 Å². The van der Waals surface area contributed by atoms with Crippen molar-refractivity contribution < 1.29 is 13.2 Å². The molecule has 0 saturated carbocycles. The zero-order valence-electron chi connectivity index (χ0n) is 14.6. The van der Waals surface area contributed by atoms with Gasteiger partial charge in [-0.05, 0) is 18.2 Å². The lowest BCUT2D eigenvalue weighted by molar-refractivity contribution is 0.0800. The molecule has 0 aliphatic rings. The van der Waals surface area contributed by atoms with Gasteiger partial charge >= 0.3 is 0 Å². The molecule has 0 spiro atoms. The topological polar surface area (TPSA) is 92.3 Å². The molecule has 0 saturated heterocycles. The summed E-state index contributed by atoms with van der Waals surface area (Å²) in [6, 6.07) is 8.04. The Labute approximate surface area is 148 Å². The van der Waals surface area contributed by atoms with Crippen LogP contribution in [0.2, 0.25) is 0 Å². The van der Waals surface area contributed by atoms with Crippen LogP contribution in [0.25, 0.3) is 11.3 Å². The molecule has 0 bridgehead atoms. The molecule has 1 amide bonds. The maximum atomic E-state index is 12.3. The van der Waals surface area contributed by atoms with Crippen molar-refractivity contribution in [2.24, 2.45) is 0 Å². The molecule has 1 aromatic carbocycles. The van der Waals surface area contributed by atoms with E-state index in [9.17, 15) is 13.2 Å². The third-order valence-corrected chi connectivity index (χ3v) is 5.56.